The molecule has 94 valence electrons. The van der Waals surface area contributed by atoms with Gasteiger partial charge in [-0.1, -0.05) is 0 Å². The highest BCUT2D eigenvalue weighted by Crippen LogP contribution is 1.98. The van der Waals surface area contributed by atoms with E-state index in [-0.39, 0.29) is 13.2 Å². The zero-order chi connectivity index (χ0) is 13.3. The monoisotopic (exact) mass is 240 g/mol. The number of nitriles is 1. The topological polar surface area (TPSA) is 88.4 Å². The molecule has 0 radical (unpaired) electrons. The van der Waals surface area contributed by atoms with E-state index in [0.29, 0.717) is 5.70 Å². The van der Waals surface area contributed by atoms with E-state index in [0.717, 1.165) is 0 Å². The summed E-state index contributed by atoms with van der Waals surface area (Å²) in [5.41, 5.74) is 0.388. The average Bonchev–Trinajstić information content (AvgIpc) is 2.26. The van der Waals surface area contributed by atoms with Gasteiger partial charge >= 0.3 is 11.9 Å². The van der Waals surface area contributed by atoms with Crippen LogP contribution in [0, 0.1) is 11.3 Å². The highest BCUT2D eigenvalue weighted by molar-refractivity contribution is 5.99. The van der Waals surface area contributed by atoms with E-state index in [1.165, 1.54) is 6.08 Å². The number of carbonyl (C=O) groups is 2. The Labute approximate surface area is 100 Å². The van der Waals surface area contributed by atoms with Gasteiger partial charge in [0.2, 0.25) is 6.04 Å². The first kappa shape index (κ1) is 15.0. The van der Waals surface area contributed by atoms with Gasteiger partial charge in [0.15, 0.2) is 0 Å². The van der Waals surface area contributed by atoms with Crippen molar-refractivity contribution >= 4 is 11.9 Å². The van der Waals surface area contributed by atoms with E-state index in [1.807, 2.05) is 0 Å². The third-order valence-corrected chi connectivity index (χ3v) is 1.70. The summed E-state index contributed by atoms with van der Waals surface area (Å²) in [5, 5.41) is 11.0. The minimum atomic E-state index is -1.24. The molecule has 0 aromatic rings. The summed E-state index contributed by atoms with van der Waals surface area (Å²) >= 11 is 0. The van der Waals surface area contributed by atoms with Crippen LogP contribution in [-0.2, 0) is 19.1 Å². The van der Waals surface area contributed by atoms with Crippen LogP contribution in [0.2, 0.25) is 0 Å². The Morgan fingerprint density at radius 2 is 1.76 bits per heavy atom. The number of allylic oxidation sites excluding steroid dienone is 2. The van der Waals surface area contributed by atoms with Gasteiger partial charge in [-0.2, -0.15) is 5.26 Å². The lowest BCUT2D eigenvalue weighted by Crippen LogP contribution is -2.44. The zero-order valence-corrected chi connectivity index (χ0v) is 10.1. The average molecular weight is 240 g/mol. The molecule has 17 heavy (non-hydrogen) atoms. The second kappa shape index (κ2) is 8.16. The van der Waals surface area contributed by atoms with Crippen LogP contribution in [-0.4, -0.2) is 31.2 Å². The molecule has 0 aromatic carbocycles. The van der Waals surface area contributed by atoms with Gasteiger partial charge in [-0.15, -0.1) is 0 Å². The van der Waals surface area contributed by atoms with Gasteiger partial charge in [0.25, 0.3) is 0 Å². The molecule has 0 heterocycles. The quantitative estimate of drug-likeness (QED) is 0.413. The van der Waals surface area contributed by atoms with Gasteiger partial charge in [-0.25, -0.2) is 9.59 Å². The van der Waals surface area contributed by atoms with Crippen LogP contribution in [0.1, 0.15) is 20.8 Å². The van der Waals surface area contributed by atoms with E-state index in [4.69, 9.17) is 14.7 Å². The van der Waals surface area contributed by atoms with Crippen LogP contribution in [0.5, 0.6) is 0 Å². The lowest BCUT2D eigenvalue weighted by Gasteiger charge is -2.16. The summed E-state index contributed by atoms with van der Waals surface area (Å²) in [7, 11) is 0. The second-order valence-corrected chi connectivity index (χ2v) is 3.04. The fourth-order valence-electron chi connectivity index (χ4n) is 1.03. The maximum absolute atomic E-state index is 11.5. The number of nitrogens with zero attached hydrogens (tertiary/aromatic N) is 1. The zero-order valence-electron chi connectivity index (χ0n) is 10.1. The Kier molecular flexibility index (Phi) is 7.19. The number of carbonyl (C=O) groups excluding carboxylic acids is 2. The number of esters is 2. The van der Waals surface area contributed by atoms with Crippen molar-refractivity contribution in [1.29, 1.82) is 5.26 Å². The summed E-state index contributed by atoms with van der Waals surface area (Å²) in [6.07, 6.45) is 1.19. The van der Waals surface area contributed by atoms with Crippen LogP contribution in [0.4, 0.5) is 0 Å². The predicted octanol–water partition coefficient (Wildman–Crippen LogP) is 0.498. The van der Waals surface area contributed by atoms with Crippen molar-refractivity contribution in [2.24, 2.45) is 0 Å². The van der Waals surface area contributed by atoms with Crippen LogP contribution < -0.4 is 5.32 Å². The Balaban J connectivity index is 4.74. The molecule has 0 aliphatic carbocycles. The summed E-state index contributed by atoms with van der Waals surface area (Å²) in [6.45, 7) is 5.17. The van der Waals surface area contributed by atoms with Crippen molar-refractivity contribution in [2.75, 3.05) is 13.2 Å². The van der Waals surface area contributed by atoms with E-state index < -0.39 is 18.0 Å². The number of rotatable bonds is 6. The van der Waals surface area contributed by atoms with Crippen molar-refractivity contribution in [1.82, 2.24) is 5.32 Å². The molecule has 0 aromatic heterocycles. The molecule has 0 saturated carbocycles. The van der Waals surface area contributed by atoms with Crippen molar-refractivity contribution < 1.29 is 19.1 Å². The van der Waals surface area contributed by atoms with Crippen molar-refractivity contribution in [2.45, 2.75) is 26.8 Å². The second-order valence-electron chi connectivity index (χ2n) is 3.04. The maximum atomic E-state index is 11.5. The normalized spacial score (nSPS) is 10.6. The molecule has 6 nitrogen and oxygen atoms in total. The van der Waals surface area contributed by atoms with Gasteiger partial charge in [0.1, 0.15) is 0 Å². The summed E-state index contributed by atoms with van der Waals surface area (Å²) in [5.74, 6) is -1.45. The molecular formula is C11H16N2O4. The van der Waals surface area contributed by atoms with Gasteiger partial charge < -0.3 is 14.8 Å². The molecule has 0 fully saturated rings. The molecule has 0 atom stereocenters. The minimum absolute atomic E-state index is 0.164. The summed E-state index contributed by atoms with van der Waals surface area (Å²) in [6, 6.07) is 0.549. The van der Waals surface area contributed by atoms with Crippen molar-refractivity contribution in [3.05, 3.63) is 11.8 Å². The van der Waals surface area contributed by atoms with Crippen molar-refractivity contribution in [3.63, 3.8) is 0 Å². The standard InChI is InChI=1S/C11H16N2O4/c1-4-16-10(14)9(11(15)17-5-2)13-8(3)6-7-12/h6,9,13H,4-5H2,1-3H3. The van der Waals surface area contributed by atoms with Crippen molar-refractivity contribution in [3.8, 4) is 6.07 Å². The SMILES string of the molecule is CCOC(=O)C(NC(C)=CC#N)C(=O)OCC. The van der Waals surface area contributed by atoms with Gasteiger partial charge in [0.05, 0.1) is 19.3 Å². The summed E-state index contributed by atoms with van der Waals surface area (Å²) in [4.78, 5) is 23.0. The van der Waals surface area contributed by atoms with E-state index in [9.17, 15) is 9.59 Å². The van der Waals surface area contributed by atoms with Crippen LogP contribution in [0.3, 0.4) is 0 Å². The Morgan fingerprint density at radius 1 is 1.29 bits per heavy atom. The molecule has 0 amide bonds. The fraction of sp³-hybridized carbons (Fsp3) is 0.545. The van der Waals surface area contributed by atoms with Crippen LogP contribution >= 0.6 is 0 Å². The smallest absolute Gasteiger partial charge is 0.340 e. The van der Waals surface area contributed by atoms with Gasteiger partial charge in [-0.3, -0.25) is 0 Å². The molecule has 0 aliphatic heterocycles. The Hall–Kier alpha value is -2.03. The number of hydrogen-bond acceptors (Lipinski definition) is 6. The van der Waals surface area contributed by atoms with E-state index in [2.05, 4.69) is 5.32 Å². The highest BCUT2D eigenvalue weighted by Gasteiger charge is 2.29. The Morgan fingerprint density at radius 3 is 2.12 bits per heavy atom. The van der Waals surface area contributed by atoms with E-state index >= 15 is 0 Å². The third kappa shape index (κ3) is 5.56. The predicted molar refractivity (Wildman–Crippen MR) is 59.6 cm³/mol. The molecule has 1 N–H and O–H groups in total. The van der Waals surface area contributed by atoms with E-state index in [1.54, 1.807) is 26.8 Å². The lowest BCUT2D eigenvalue weighted by atomic mass is 10.2. The highest BCUT2D eigenvalue weighted by atomic mass is 16.6. The fourth-order valence-corrected chi connectivity index (χ4v) is 1.03. The van der Waals surface area contributed by atoms with Crippen LogP contribution in [0.15, 0.2) is 11.8 Å². The first-order valence-electron chi connectivity index (χ1n) is 5.23. The molecule has 0 unspecified atom stereocenters. The number of nitrogens with one attached hydrogen (secondary N) is 1. The molecule has 6 heteroatoms. The number of hydrogen-bond donors (Lipinski definition) is 1. The third-order valence-electron chi connectivity index (χ3n) is 1.70. The number of ether oxygens (including phenoxy) is 2. The van der Waals surface area contributed by atoms with Gasteiger partial charge in [-0.05, 0) is 20.8 Å². The summed E-state index contributed by atoms with van der Waals surface area (Å²) < 4.78 is 9.48. The first-order valence-corrected chi connectivity index (χ1v) is 5.23. The minimum Gasteiger partial charge on any atom is -0.464 e. The lowest BCUT2D eigenvalue weighted by molar-refractivity contribution is -0.157. The largest absolute Gasteiger partial charge is 0.464 e. The van der Waals surface area contributed by atoms with Crippen LogP contribution in [0.25, 0.3) is 0 Å². The molecule has 0 aliphatic rings. The molecule has 0 spiro atoms. The molecular weight excluding hydrogens is 224 g/mol. The molecule has 0 bridgehead atoms. The molecule has 0 saturated heterocycles. The maximum Gasteiger partial charge on any atom is 0.340 e. The Bertz CT molecular complexity index is 326. The molecule has 0 rings (SSSR count). The first-order chi connectivity index (χ1) is 8.06. The van der Waals surface area contributed by atoms with Gasteiger partial charge in [0, 0.05) is 11.8 Å².